The van der Waals surface area contributed by atoms with Crippen LogP contribution >= 0.6 is 27.5 Å². The van der Waals surface area contributed by atoms with Crippen LogP contribution in [0.15, 0.2) is 10.8 Å². The Kier molecular flexibility index (Phi) is 4.70. The molecule has 0 saturated carbocycles. The minimum Gasteiger partial charge on any atom is -0.368 e. The van der Waals surface area contributed by atoms with Crippen molar-refractivity contribution in [3.63, 3.8) is 0 Å². The first-order chi connectivity index (χ1) is 7.88. The molecular formula is C10H14BrClN4O. The number of hydrogen-bond acceptors (Lipinski definition) is 4. The van der Waals surface area contributed by atoms with Crippen molar-refractivity contribution >= 4 is 39.3 Å². The number of carbonyl (C=O) groups is 1. The molecule has 1 amide bonds. The molecule has 0 bridgehead atoms. The number of hydrogen-bond donors (Lipinski definition) is 2. The number of anilines is 1. The number of rotatable bonds is 4. The Labute approximate surface area is 113 Å². The summed E-state index contributed by atoms with van der Waals surface area (Å²) in [7, 11) is 1.61. The van der Waals surface area contributed by atoms with E-state index in [1.54, 1.807) is 7.05 Å². The van der Waals surface area contributed by atoms with Crippen molar-refractivity contribution in [1.82, 2.24) is 15.3 Å². The summed E-state index contributed by atoms with van der Waals surface area (Å²) in [6.45, 7) is 4.13. The van der Waals surface area contributed by atoms with Gasteiger partial charge in [0.05, 0.1) is 9.89 Å². The van der Waals surface area contributed by atoms with Crippen LogP contribution in [0.4, 0.5) is 5.82 Å². The average molecular weight is 322 g/mol. The van der Waals surface area contributed by atoms with Gasteiger partial charge in [-0.15, -0.1) is 0 Å². The zero-order valence-corrected chi connectivity index (χ0v) is 12.2. The highest BCUT2D eigenvalue weighted by Crippen LogP contribution is 2.27. The van der Waals surface area contributed by atoms with Gasteiger partial charge in [0.1, 0.15) is 17.3 Å². The van der Waals surface area contributed by atoms with E-state index in [1.807, 2.05) is 13.8 Å². The molecule has 0 radical (unpaired) electrons. The van der Waals surface area contributed by atoms with Gasteiger partial charge in [0.25, 0.3) is 0 Å². The van der Waals surface area contributed by atoms with Gasteiger partial charge in [-0.05, 0) is 29.8 Å². The van der Waals surface area contributed by atoms with Crippen molar-refractivity contribution in [2.75, 3.05) is 18.9 Å². The Morgan fingerprint density at radius 3 is 2.76 bits per heavy atom. The summed E-state index contributed by atoms with van der Waals surface area (Å²) in [6, 6.07) is 0. The molecule has 0 fully saturated rings. The number of carbonyl (C=O) groups excluding carboxylic acids is 1. The quantitative estimate of drug-likeness (QED) is 0.833. The van der Waals surface area contributed by atoms with Crippen molar-refractivity contribution in [2.24, 2.45) is 5.41 Å². The van der Waals surface area contributed by atoms with E-state index in [0.717, 1.165) is 0 Å². The van der Waals surface area contributed by atoms with Gasteiger partial charge in [0, 0.05) is 13.6 Å². The summed E-state index contributed by atoms with van der Waals surface area (Å²) < 4.78 is 0.592. The highest BCUT2D eigenvalue weighted by Gasteiger charge is 2.26. The Morgan fingerprint density at radius 2 is 2.18 bits per heavy atom. The van der Waals surface area contributed by atoms with E-state index >= 15 is 0 Å². The molecule has 0 spiro atoms. The molecule has 0 aliphatic rings. The lowest BCUT2D eigenvalue weighted by molar-refractivity contribution is -0.128. The van der Waals surface area contributed by atoms with Crippen LogP contribution in [0, 0.1) is 5.41 Å². The van der Waals surface area contributed by atoms with Crippen LogP contribution in [0.3, 0.4) is 0 Å². The minimum absolute atomic E-state index is 0.0405. The maximum atomic E-state index is 11.6. The van der Waals surface area contributed by atoms with Crippen LogP contribution in [0.5, 0.6) is 0 Å². The predicted molar refractivity (Wildman–Crippen MR) is 71.1 cm³/mol. The fourth-order valence-electron chi connectivity index (χ4n) is 1.19. The van der Waals surface area contributed by atoms with E-state index in [4.69, 9.17) is 11.6 Å². The lowest BCUT2D eigenvalue weighted by Gasteiger charge is -2.23. The van der Waals surface area contributed by atoms with Crippen molar-refractivity contribution in [2.45, 2.75) is 13.8 Å². The molecule has 7 heteroatoms. The van der Waals surface area contributed by atoms with Crippen LogP contribution < -0.4 is 10.6 Å². The average Bonchev–Trinajstić information content (AvgIpc) is 2.30. The number of aromatic nitrogens is 2. The van der Waals surface area contributed by atoms with Gasteiger partial charge < -0.3 is 10.6 Å². The van der Waals surface area contributed by atoms with Gasteiger partial charge in [0.15, 0.2) is 0 Å². The van der Waals surface area contributed by atoms with Gasteiger partial charge in [-0.25, -0.2) is 9.97 Å². The summed E-state index contributed by atoms with van der Waals surface area (Å²) in [5, 5.41) is 6.02. The first-order valence-corrected chi connectivity index (χ1v) is 6.17. The Morgan fingerprint density at radius 1 is 1.53 bits per heavy atom. The van der Waals surface area contributed by atoms with Gasteiger partial charge in [0.2, 0.25) is 5.91 Å². The van der Waals surface area contributed by atoms with Crippen molar-refractivity contribution in [1.29, 1.82) is 0 Å². The molecule has 17 heavy (non-hydrogen) atoms. The topological polar surface area (TPSA) is 66.9 Å². The van der Waals surface area contributed by atoms with E-state index in [-0.39, 0.29) is 5.91 Å². The van der Waals surface area contributed by atoms with Crippen LogP contribution in [0.1, 0.15) is 13.8 Å². The van der Waals surface area contributed by atoms with Gasteiger partial charge in [-0.1, -0.05) is 11.6 Å². The molecule has 0 aliphatic heterocycles. The summed E-state index contributed by atoms with van der Waals surface area (Å²) in [4.78, 5) is 19.5. The molecule has 0 atom stereocenters. The minimum atomic E-state index is -0.536. The lowest BCUT2D eigenvalue weighted by atomic mass is 9.92. The monoisotopic (exact) mass is 320 g/mol. The van der Waals surface area contributed by atoms with E-state index < -0.39 is 5.41 Å². The number of amides is 1. The van der Waals surface area contributed by atoms with E-state index in [9.17, 15) is 4.79 Å². The molecule has 0 aliphatic carbocycles. The number of nitrogens with one attached hydrogen (secondary N) is 2. The summed E-state index contributed by atoms with van der Waals surface area (Å²) in [6.07, 6.45) is 1.36. The van der Waals surface area contributed by atoms with Crippen LogP contribution in [-0.4, -0.2) is 29.5 Å². The SMILES string of the molecule is CNC(=O)C(C)(C)CNc1ncnc(Cl)c1Br. The summed E-state index contributed by atoms with van der Waals surface area (Å²) in [5.41, 5.74) is -0.536. The highest BCUT2D eigenvalue weighted by atomic mass is 79.9. The van der Waals surface area contributed by atoms with E-state index in [0.29, 0.717) is 22.0 Å². The fraction of sp³-hybridized carbons (Fsp3) is 0.500. The zero-order valence-electron chi connectivity index (χ0n) is 9.84. The second kappa shape index (κ2) is 5.64. The molecular weight excluding hydrogens is 307 g/mol. The van der Waals surface area contributed by atoms with Crippen molar-refractivity contribution in [3.05, 3.63) is 16.0 Å². The molecule has 5 nitrogen and oxygen atoms in total. The zero-order chi connectivity index (χ0) is 13.1. The summed E-state index contributed by atoms with van der Waals surface area (Å²) >= 11 is 9.12. The Hall–Kier alpha value is -0.880. The number of halogens is 2. The highest BCUT2D eigenvalue weighted by molar-refractivity contribution is 9.10. The van der Waals surface area contributed by atoms with Crippen molar-refractivity contribution < 1.29 is 4.79 Å². The lowest BCUT2D eigenvalue weighted by Crippen LogP contribution is -2.39. The smallest absolute Gasteiger partial charge is 0.227 e. The van der Waals surface area contributed by atoms with E-state index in [2.05, 4.69) is 36.5 Å². The third-order valence-corrected chi connectivity index (χ3v) is 3.55. The predicted octanol–water partition coefficient (Wildman–Crippen LogP) is 2.08. The van der Waals surface area contributed by atoms with Crippen molar-refractivity contribution in [3.8, 4) is 0 Å². The maximum absolute atomic E-state index is 11.6. The van der Waals surface area contributed by atoms with Crippen LogP contribution in [0.25, 0.3) is 0 Å². The second-order valence-corrected chi connectivity index (χ2v) is 5.29. The van der Waals surface area contributed by atoms with Gasteiger partial charge in [-0.2, -0.15) is 0 Å². The van der Waals surface area contributed by atoms with Crippen LogP contribution in [-0.2, 0) is 4.79 Å². The third-order valence-electron chi connectivity index (χ3n) is 2.29. The first kappa shape index (κ1) is 14.2. The molecule has 94 valence electrons. The maximum Gasteiger partial charge on any atom is 0.227 e. The Bertz CT molecular complexity index is 425. The molecule has 1 heterocycles. The summed E-state index contributed by atoms with van der Waals surface area (Å²) in [5.74, 6) is 0.531. The molecule has 1 aromatic heterocycles. The van der Waals surface area contributed by atoms with Crippen LogP contribution in [0.2, 0.25) is 5.15 Å². The second-order valence-electron chi connectivity index (χ2n) is 4.14. The molecule has 0 unspecified atom stereocenters. The molecule has 0 saturated heterocycles. The standard InChI is InChI=1S/C10H14BrClN4O/c1-10(2,9(17)13-3)4-14-8-6(11)7(12)15-5-16-8/h5H,4H2,1-3H3,(H,13,17)(H,14,15,16). The van der Waals surface area contributed by atoms with Gasteiger partial charge >= 0.3 is 0 Å². The first-order valence-electron chi connectivity index (χ1n) is 5.00. The third kappa shape index (κ3) is 3.54. The molecule has 0 aromatic carbocycles. The van der Waals surface area contributed by atoms with E-state index in [1.165, 1.54) is 6.33 Å². The number of nitrogens with zero attached hydrogens (tertiary/aromatic N) is 2. The fourth-order valence-corrected chi connectivity index (χ4v) is 1.67. The molecule has 1 aromatic rings. The van der Waals surface area contributed by atoms with Gasteiger partial charge in [-0.3, -0.25) is 4.79 Å². The Balaban J connectivity index is 2.74. The largest absolute Gasteiger partial charge is 0.368 e. The normalized spacial score (nSPS) is 11.1. The molecule has 2 N–H and O–H groups in total. The molecule has 1 rings (SSSR count).